The zero-order valence-corrected chi connectivity index (χ0v) is 9.16. The number of hydrogen-bond acceptors (Lipinski definition) is 2. The van der Waals surface area contributed by atoms with Gasteiger partial charge in [0, 0.05) is 13.6 Å². The fourth-order valence-corrected chi connectivity index (χ4v) is 1.21. The predicted octanol–water partition coefficient (Wildman–Crippen LogP) is 1.80. The first-order chi connectivity index (χ1) is 7.15. The van der Waals surface area contributed by atoms with Crippen molar-refractivity contribution in [2.24, 2.45) is 0 Å². The van der Waals surface area contributed by atoms with Crippen molar-refractivity contribution >= 4 is 23.3 Å². The Morgan fingerprint density at radius 3 is 2.80 bits per heavy atom. The minimum absolute atomic E-state index is 0.0631. The summed E-state index contributed by atoms with van der Waals surface area (Å²) < 4.78 is 0. The smallest absolute Gasteiger partial charge is 0.321 e. The standard InChI is InChI=1S/C10H13ClN2O2/c1-13(6-7-14)10(15)12-9-5-3-2-4-8(9)11/h2-5,14H,6-7H2,1H3,(H,12,15). The average molecular weight is 229 g/mol. The Morgan fingerprint density at radius 1 is 1.53 bits per heavy atom. The number of halogens is 1. The minimum atomic E-state index is -0.294. The number of anilines is 1. The van der Waals surface area contributed by atoms with E-state index in [2.05, 4.69) is 5.32 Å². The second-order valence-electron chi connectivity index (χ2n) is 3.06. The van der Waals surface area contributed by atoms with Gasteiger partial charge in [-0.3, -0.25) is 0 Å². The molecule has 0 aliphatic heterocycles. The normalized spacial score (nSPS) is 9.80. The van der Waals surface area contributed by atoms with E-state index in [1.165, 1.54) is 4.90 Å². The van der Waals surface area contributed by atoms with Crippen LogP contribution in [0.3, 0.4) is 0 Å². The summed E-state index contributed by atoms with van der Waals surface area (Å²) in [6.07, 6.45) is 0. The fraction of sp³-hybridized carbons (Fsp3) is 0.300. The molecule has 0 radical (unpaired) electrons. The third-order valence-corrected chi connectivity index (χ3v) is 2.23. The van der Waals surface area contributed by atoms with Crippen LogP contribution in [0.4, 0.5) is 10.5 Å². The van der Waals surface area contributed by atoms with Crippen LogP contribution in [-0.4, -0.2) is 36.2 Å². The number of nitrogens with one attached hydrogen (secondary N) is 1. The molecule has 2 amide bonds. The summed E-state index contributed by atoms with van der Waals surface area (Å²) in [5.41, 5.74) is 0.564. The van der Waals surface area contributed by atoms with Gasteiger partial charge in [-0.2, -0.15) is 0 Å². The Morgan fingerprint density at radius 2 is 2.20 bits per heavy atom. The number of rotatable bonds is 3. The predicted molar refractivity (Wildman–Crippen MR) is 60.2 cm³/mol. The molecule has 0 unspecified atom stereocenters. The van der Waals surface area contributed by atoms with Gasteiger partial charge in [0.2, 0.25) is 0 Å². The highest BCUT2D eigenvalue weighted by molar-refractivity contribution is 6.33. The molecule has 5 heteroatoms. The average Bonchev–Trinajstić information content (AvgIpc) is 2.21. The number of aliphatic hydroxyl groups is 1. The van der Waals surface area contributed by atoms with Gasteiger partial charge in [-0.1, -0.05) is 23.7 Å². The number of urea groups is 1. The summed E-state index contributed by atoms with van der Waals surface area (Å²) in [6.45, 7) is 0.225. The molecule has 0 aromatic heterocycles. The van der Waals surface area contributed by atoms with Crippen molar-refractivity contribution < 1.29 is 9.90 Å². The number of carbonyl (C=O) groups is 1. The first-order valence-electron chi connectivity index (χ1n) is 4.52. The summed E-state index contributed by atoms with van der Waals surface area (Å²) in [5, 5.41) is 11.8. The Hall–Kier alpha value is -1.26. The quantitative estimate of drug-likeness (QED) is 0.829. The molecule has 1 aromatic carbocycles. The molecule has 0 spiro atoms. The van der Waals surface area contributed by atoms with Gasteiger partial charge in [-0.05, 0) is 12.1 Å². The number of amides is 2. The van der Waals surface area contributed by atoms with Gasteiger partial charge in [0.1, 0.15) is 0 Å². The molecule has 4 nitrogen and oxygen atoms in total. The van der Waals surface area contributed by atoms with Crippen LogP contribution in [0.1, 0.15) is 0 Å². The van der Waals surface area contributed by atoms with E-state index in [9.17, 15) is 4.79 Å². The largest absolute Gasteiger partial charge is 0.395 e. The van der Waals surface area contributed by atoms with Crippen LogP contribution < -0.4 is 5.32 Å². The molecule has 1 aromatic rings. The Bertz CT molecular complexity index is 344. The molecule has 15 heavy (non-hydrogen) atoms. The van der Waals surface area contributed by atoms with E-state index in [-0.39, 0.29) is 19.2 Å². The third-order valence-electron chi connectivity index (χ3n) is 1.90. The highest BCUT2D eigenvalue weighted by atomic mass is 35.5. The van der Waals surface area contributed by atoms with Crippen LogP contribution in [0.2, 0.25) is 5.02 Å². The van der Waals surface area contributed by atoms with Gasteiger partial charge in [-0.15, -0.1) is 0 Å². The van der Waals surface area contributed by atoms with Crippen LogP contribution in [0.5, 0.6) is 0 Å². The van der Waals surface area contributed by atoms with Crippen LogP contribution in [0.25, 0.3) is 0 Å². The SMILES string of the molecule is CN(CCO)C(=O)Nc1ccccc1Cl. The van der Waals surface area contributed by atoms with Crippen LogP contribution >= 0.6 is 11.6 Å². The Balaban J connectivity index is 2.62. The van der Waals surface area contributed by atoms with Crippen LogP contribution in [-0.2, 0) is 0 Å². The number of nitrogens with zero attached hydrogens (tertiary/aromatic N) is 1. The fourth-order valence-electron chi connectivity index (χ4n) is 1.02. The van der Waals surface area contributed by atoms with Crippen molar-refractivity contribution in [3.05, 3.63) is 29.3 Å². The number of likely N-dealkylation sites (N-methyl/N-ethyl adjacent to an activating group) is 1. The number of hydrogen-bond donors (Lipinski definition) is 2. The number of benzene rings is 1. The summed E-state index contributed by atoms with van der Waals surface area (Å²) in [6, 6.07) is 6.69. The molecule has 0 bridgehead atoms. The maximum atomic E-state index is 11.5. The lowest BCUT2D eigenvalue weighted by Gasteiger charge is -2.16. The molecule has 1 rings (SSSR count). The molecule has 0 aliphatic carbocycles. The molecule has 0 fully saturated rings. The highest BCUT2D eigenvalue weighted by Crippen LogP contribution is 2.20. The van der Waals surface area contributed by atoms with E-state index in [1.54, 1.807) is 31.3 Å². The summed E-state index contributed by atoms with van der Waals surface area (Å²) in [5.74, 6) is 0. The molecule has 2 N–H and O–H groups in total. The minimum Gasteiger partial charge on any atom is -0.395 e. The van der Waals surface area contributed by atoms with E-state index in [1.807, 2.05) is 0 Å². The molecular formula is C10H13ClN2O2. The molecular weight excluding hydrogens is 216 g/mol. The first kappa shape index (κ1) is 11.8. The van der Waals surface area contributed by atoms with E-state index in [4.69, 9.17) is 16.7 Å². The zero-order chi connectivity index (χ0) is 11.3. The van der Waals surface area contributed by atoms with Crippen molar-refractivity contribution in [1.82, 2.24) is 4.90 Å². The third kappa shape index (κ3) is 3.42. The second kappa shape index (κ2) is 5.58. The molecule has 82 valence electrons. The lowest BCUT2D eigenvalue weighted by Crippen LogP contribution is -2.33. The molecule has 0 saturated heterocycles. The van der Waals surface area contributed by atoms with Gasteiger partial charge in [0.05, 0.1) is 17.3 Å². The molecule has 0 aliphatic rings. The van der Waals surface area contributed by atoms with E-state index in [0.29, 0.717) is 10.7 Å². The van der Waals surface area contributed by atoms with Gasteiger partial charge in [0.25, 0.3) is 0 Å². The summed E-state index contributed by atoms with van der Waals surface area (Å²) in [7, 11) is 1.60. The zero-order valence-electron chi connectivity index (χ0n) is 8.40. The van der Waals surface area contributed by atoms with E-state index in [0.717, 1.165) is 0 Å². The number of aliphatic hydroxyl groups excluding tert-OH is 1. The maximum Gasteiger partial charge on any atom is 0.321 e. The number of para-hydroxylation sites is 1. The van der Waals surface area contributed by atoms with Crippen LogP contribution in [0.15, 0.2) is 24.3 Å². The lowest BCUT2D eigenvalue weighted by molar-refractivity contribution is 0.202. The molecule has 0 saturated carbocycles. The summed E-state index contributed by atoms with van der Waals surface area (Å²) in [4.78, 5) is 12.9. The van der Waals surface area contributed by atoms with E-state index < -0.39 is 0 Å². The monoisotopic (exact) mass is 228 g/mol. The molecule has 0 atom stereocenters. The van der Waals surface area contributed by atoms with Crippen molar-refractivity contribution in [1.29, 1.82) is 0 Å². The maximum absolute atomic E-state index is 11.5. The Kier molecular flexibility index (Phi) is 4.39. The topological polar surface area (TPSA) is 52.6 Å². The van der Waals surface area contributed by atoms with Gasteiger partial charge >= 0.3 is 6.03 Å². The summed E-state index contributed by atoms with van der Waals surface area (Å²) >= 11 is 5.87. The van der Waals surface area contributed by atoms with Crippen molar-refractivity contribution in [2.75, 3.05) is 25.5 Å². The lowest BCUT2D eigenvalue weighted by atomic mass is 10.3. The Labute approximate surface area is 93.5 Å². The van der Waals surface area contributed by atoms with Crippen LogP contribution in [0, 0.1) is 0 Å². The first-order valence-corrected chi connectivity index (χ1v) is 4.90. The van der Waals surface area contributed by atoms with E-state index >= 15 is 0 Å². The second-order valence-corrected chi connectivity index (χ2v) is 3.46. The highest BCUT2D eigenvalue weighted by Gasteiger charge is 2.09. The van der Waals surface area contributed by atoms with Gasteiger partial charge < -0.3 is 15.3 Å². The molecule has 0 heterocycles. The van der Waals surface area contributed by atoms with Crippen molar-refractivity contribution in [3.8, 4) is 0 Å². The number of carbonyl (C=O) groups excluding carboxylic acids is 1. The van der Waals surface area contributed by atoms with Crippen molar-refractivity contribution in [2.45, 2.75) is 0 Å². The van der Waals surface area contributed by atoms with Crippen molar-refractivity contribution in [3.63, 3.8) is 0 Å². The van der Waals surface area contributed by atoms with Gasteiger partial charge in [0.15, 0.2) is 0 Å². The van der Waals surface area contributed by atoms with Gasteiger partial charge in [-0.25, -0.2) is 4.79 Å².